The molecule has 6 heteroatoms. The van der Waals surface area contributed by atoms with Crippen LogP contribution >= 0.6 is 0 Å². The third kappa shape index (κ3) is 5.86. The van der Waals surface area contributed by atoms with Crippen molar-refractivity contribution in [2.24, 2.45) is 11.7 Å². The second-order valence-corrected chi connectivity index (χ2v) is 5.25. The Labute approximate surface area is 108 Å². The Morgan fingerprint density at radius 2 is 1.94 bits per heavy atom. The molecule has 0 aromatic carbocycles. The summed E-state index contributed by atoms with van der Waals surface area (Å²) in [6.45, 7) is 7.37. The molecule has 0 fully saturated rings. The number of nitrogens with two attached hydrogens (primary N) is 1. The highest BCUT2D eigenvalue weighted by molar-refractivity contribution is 5.87. The van der Waals surface area contributed by atoms with Crippen molar-refractivity contribution in [2.45, 2.75) is 52.1 Å². The second kappa shape index (κ2) is 7.20. The smallest absolute Gasteiger partial charge is 0.312 e. The van der Waals surface area contributed by atoms with Gasteiger partial charge in [0.15, 0.2) is 0 Å². The SMILES string of the molecule is CCC(C)(CO)NC(=O)C(CC(C)C)NC(N)=O. The van der Waals surface area contributed by atoms with Gasteiger partial charge in [-0.15, -0.1) is 0 Å². The fourth-order valence-electron chi connectivity index (χ4n) is 1.50. The highest BCUT2D eigenvalue weighted by Crippen LogP contribution is 2.10. The summed E-state index contributed by atoms with van der Waals surface area (Å²) in [5, 5.41) is 14.4. The molecule has 18 heavy (non-hydrogen) atoms. The van der Waals surface area contributed by atoms with Crippen LogP contribution in [0.15, 0.2) is 0 Å². The van der Waals surface area contributed by atoms with Gasteiger partial charge in [-0.1, -0.05) is 20.8 Å². The summed E-state index contributed by atoms with van der Waals surface area (Å²) in [6.07, 6.45) is 1.10. The van der Waals surface area contributed by atoms with Gasteiger partial charge in [0.05, 0.1) is 12.1 Å². The molecule has 2 atom stereocenters. The van der Waals surface area contributed by atoms with Gasteiger partial charge in [0, 0.05) is 0 Å². The van der Waals surface area contributed by atoms with Gasteiger partial charge in [0.25, 0.3) is 0 Å². The number of aliphatic hydroxyl groups is 1. The molecule has 6 nitrogen and oxygen atoms in total. The maximum Gasteiger partial charge on any atom is 0.312 e. The van der Waals surface area contributed by atoms with E-state index in [1.54, 1.807) is 6.92 Å². The zero-order valence-corrected chi connectivity index (χ0v) is 11.6. The molecule has 0 aromatic heterocycles. The van der Waals surface area contributed by atoms with Crippen LogP contribution in [-0.4, -0.2) is 35.2 Å². The fraction of sp³-hybridized carbons (Fsp3) is 0.833. The molecular formula is C12H25N3O3. The number of urea groups is 1. The van der Waals surface area contributed by atoms with Crippen LogP contribution in [-0.2, 0) is 4.79 Å². The summed E-state index contributed by atoms with van der Waals surface area (Å²) in [5.41, 5.74) is 4.38. The second-order valence-electron chi connectivity index (χ2n) is 5.25. The van der Waals surface area contributed by atoms with Gasteiger partial charge in [-0.25, -0.2) is 4.79 Å². The minimum atomic E-state index is -0.724. The van der Waals surface area contributed by atoms with E-state index in [1.807, 2.05) is 20.8 Å². The first-order valence-corrected chi connectivity index (χ1v) is 6.23. The van der Waals surface area contributed by atoms with Crippen molar-refractivity contribution in [3.05, 3.63) is 0 Å². The van der Waals surface area contributed by atoms with E-state index in [0.717, 1.165) is 0 Å². The molecule has 5 N–H and O–H groups in total. The number of nitrogens with one attached hydrogen (secondary N) is 2. The Kier molecular flexibility index (Phi) is 6.68. The lowest BCUT2D eigenvalue weighted by molar-refractivity contribution is -0.125. The topological polar surface area (TPSA) is 104 Å². The average Bonchev–Trinajstić information content (AvgIpc) is 2.26. The van der Waals surface area contributed by atoms with Crippen molar-refractivity contribution in [3.63, 3.8) is 0 Å². The lowest BCUT2D eigenvalue weighted by Crippen LogP contribution is -2.56. The standard InChI is InChI=1S/C12H25N3O3/c1-5-12(4,7-16)15-10(17)9(6-8(2)3)14-11(13)18/h8-9,16H,5-7H2,1-4H3,(H,15,17)(H3,13,14,18). The monoisotopic (exact) mass is 259 g/mol. The Morgan fingerprint density at radius 3 is 2.28 bits per heavy atom. The van der Waals surface area contributed by atoms with Crippen molar-refractivity contribution in [1.29, 1.82) is 0 Å². The summed E-state index contributed by atoms with van der Waals surface area (Å²) in [7, 11) is 0. The molecule has 0 radical (unpaired) electrons. The summed E-state index contributed by atoms with van der Waals surface area (Å²) in [5.74, 6) is -0.0736. The molecule has 0 saturated heterocycles. The maximum absolute atomic E-state index is 12.1. The van der Waals surface area contributed by atoms with Gasteiger partial charge < -0.3 is 21.5 Å². The van der Waals surface area contributed by atoms with Crippen molar-refractivity contribution >= 4 is 11.9 Å². The molecule has 0 spiro atoms. The van der Waals surface area contributed by atoms with Gasteiger partial charge in [0.1, 0.15) is 6.04 Å². The van der Waals surface area contributed by atoms with E-state index in [4.69, 9.17) is 5.73 Å². The van der Waals surface area contributed by atoms with E-state index in [9.17, 15) is 14.7 Å². The van der Waals surface area contributed by atoms with Gasteiger partial charge in [-0.05, 0) is 25.7 Å². The van der Waals surface area contributed by atoms with Crippen LogP contribution in [0, 0.1) is 5.92 Å². The van der Waals surface area contributed by atoms with Gasteiger partial charge in [-0.3, -0.25) is 4.79 Å². The molecule has 2 unspecified atom stereocenters. The van der Waals surface area contributed by atoms with Crippen molar-refractivity contribution < 1.29 is 14.7 Å². The van der Waals surface area contributed by atoms with Crippen LogP contribution < -0.4 is 16.4 Å². The van der Waals surface area contributed by atoms with Crippen molar-refractivity contribution in [2.75, 3.05) is 6.61 Å². The fourth-order valence-corrected chi connectivity index (χ4v) is 1.50. The predicted octanol–water partition coefficient (Wildman–Crippen LogP) is 0.347. The number of hydrogen-bond donors (Lipinski definition) is 4. The van der Waals surface area contributed by atoms with E-state index in [2.05, 4.69) is 10.6 Å². The summed E-state index contributed by atoms with van der Waals surface area (Å²) >= 11 is 0. The highest BCUT2D eigenvalue weighted by Gasteiger charge is 2.28. The van der Waals surface area contributed by atoms with Crippen LogP contribution in [0.1, 0.15) is 40.5 Å². The van der Waals surface area contributed by atoms with Gasteiger partial charge >= 0.3 is 6.03 Å². The molecule has 0 aliphatic carbocycles. The summed E-state index contributed by atoms with van der Waals surface area (Å²) in [4.78, 5) is 22.9. The summed E-state index contributed by atoms with van der Waals surface area (Å²) < 4.78 is 0. The quantitative estimate of drug-likeness (QED) is 0.530. The van der Waals surface area contributed by atoms with Crippen molar-refractivity contribution in [3.8, 4) is 0 Å². The van der Waals surface area contributed by atoms with Crippen LogP contribution in [0.4, 0.5) is 4.79 Å². The van der Waals surface area contributed by atoms with E-state index < -0.39 is 17.6 Å². The summed E-state index contributed by atoms with van der Waals surface area (Å²) in [6, 6.07) is -1.39. The number of carbonyl (C=O) groups is 2. The molecule has 0 aliphatic rings. The zero-order chi connectivity index (χ0) is 14.3. The first-order valence-electron chi connectivity index (χ1n) is 6.23. The molecular weight excluding hydrogens is 234 g/mol. The van der Waals surface area contributed by atoms with E-state index in [1.165, 1.54) is 0 Å². The molecule has 0 aromatic rings. The normalized spacial score (nSPS) is 15.9. The molecule has 0 saturated carbocycles. The van der Waals surface area contributed by atoms with Crippen LogP contribution in [0.3, 0.4) is 0 Å². The number of primary amides is 1. The van der Waals surface area contributed by atoms with Crippen LogP contribution in [0.2, 0.25) is 0 Å². The predicted molar refractivity (Wildman–Crippen MR) is 69.9 cm³/mol. The number of carbonyl (C=O) groups excluding carboxylic acids is 2. The third-order valence-corrected chi connectivity index (χ3v) is 2.89. The molecule has 106 valence electrons. The Hall–Kier alpha value is -1.30. The number of rotatable bonds is 7. The lowest BCUT2D eigenvalue weighted by Gasteiger charge is -2.30. The van der Waals surface area contributed by atoms with E-state index >= 15 is 0 Å². The Balaban J connectivity index is 4.69. The zero-order valence-electron chi connectivity index (χ0n) is 11.6. The lowest BCUT2D eigenvalue weighted by atomic mass is 9.97. The molecule has 0 aliphatic heterocycles. The third-order valence-electron chi connectivity index (χ3n) is 2.89. The first-order chi connectivity index (χ1) is 8.24. The van der Waals surface area contributed by atoms with Crippen molar-refractivity contribution in [1.82, 2.24) is 10.6 Å². The minimum Gasteiger partial charge on any atom is -0.394 e. The highest BCUT2D eigenvalue weighted by atomic mass is 16.3. The van der Waals surface area contributed by atoms with Gasteiger partial charge in [-0.2, -0.15) is 0 Å². The first kappa shape index (κ1) is 16.7. The Morgan fingerprint density at radius 1 is 1.39 bits per heavy atom. The molecule has 0 rings (SSSR count). The Bertz CT molecular complexity index is 288. The number of amides is 3. The van der Waals surface area contributed by atoms with Crippen LogP contribution in [0.5, 0.6) is 0 Å². The van der Waals surface area contributed by atoms with Crippen LogP contribution in [0.25, 0.3) is 0 Å². The van der Waals surface area contributed by atoms with Gasteiger partial charge in [0.2, 0.25) is 5.91 Å². The molecule has 3 amide bonds. The number of hydrogen-bond acceptors (Lipinski definition) is 3. The molecule has 0 bridgehead atoms. The number of aliphatic hydroxyl groups excluding tert-OH is 1. The maximum atomic E-state index is 12.1. The van der Waals surface area contributed by atoms with E-state index in [-0.39, 0.29) is 18.4 Å². The minimum absolute atomic E-state index is 0.153. The molecule has 0 heterocycles. The largest absolute Gasteiger partial charge is 0.394 e. The van der Waals surface area contributed by atoms with E-state index in [0.29, 0.717) is 12.8 Å². The average molecular weight is 259 g/mol.